The van der Waals surface area contributed by atoms with Crippen molar-refractivity contribution in [2.24, 2.45) is 0 Å². The van der Waals surface area contributed by atoms with Crippen LogP contribution >= 0.6 is 18.9 Å². The van der Waals surface area contributed by atoms with Gasteiger partial charge in [-0.3, -0.25) is 14.7 Å². The van der Waals surface area contributed by atoms with Gasteiger partial charge in [0.25, 0.3) is 5.69 Å². The van der Waals surface area contributed by atoms with Crippen LogP contribution in [0.2, 0.25) is 39.3 Å². The number of fused-ring (bicyclic) bond motifs is 1. The fraction of sp³-hybridized carbons (Fsp3) is 0.318. The van der Waals surface area contributed by atoms with E-state index in [4.69, 9.17) is 13.2 Å². The van der Waals surface area contributed by atoms with Gasteiger partial charge in [-0.1, -0.05) is 6.07 Å². The Morgan fingerprint density at radius 3 is 2.03 bits per heavy atom. The fourth-order valence-electron chi connectivity index (χ4n) is 3.14. The lowest BCUT2D eigenvalue weighted by Gasteiger charge is -2.35. The van der Waals surface area contributed by atoms with E-state index in [-0.39, 0.29) is 16.3 Å². The highest BCUT2D eigenvalue weighted by atomic mass is 32.1. The first-order valence-corrected chi connectivity index (χ1v) is 20.0. The van der Waals surface area contributed by atoms with Crippen molar-refractivity contribution >= 4 is 57.3 Å². The predicted molar refractivity (Wildman–Crippen MR) is 140 cm³/mol. The summed E-state index contributed by atoms with van der Waals surface area (Å²) < 4.78 is 61.8. The van der Waals surface area contributed by atoms with Crippen LogP contribution in [0.5, 0.6) is 5.75 Å². The molecule has 0 N–H and O–H groups in total. The van der Waals surface area contributed by atoms with Gasteiger partial charge in [-0.05, 0) is 75.0 Å². The predicted octanol–water partition coefficient (Wildman–Crippen LogP) is 7.97. The molecule has 0 aliphatic heterocycles. The molecule has 0 aliphatic carbocycles. The smallest absolute Gasteiger partial charge is 0.385 e. The number of nitro benzene ring substituents is 1. The maximum Gasteiger partial charge on any atom is 0.385 e. The molecular weight excluding hydrogens is 547 g/mol. The largest absolute Gasteiger partial charge is 0.422 e. The van der Waals surface area contributed by atoms with Crippen LogP contribution in [0.4, 0.5) is 14.5 Å². The van der Waals surface area contributed by atoms with E-state index < -0.39 is 46.4 Å². The maximum absolute atomic E-state index is 15.7. The molecule has 3 aromatic rings. The summed E-state index contributed by atoms with van der Waals surface area (Å²) in [6.45, 7) is 9.97. The van der Waals surface area contributed by atoms with Crippen LogP contribution in [0.25, 0.3) is 10.1 Å². The third-order valence-corrected chi connectivity index (χ3v) is 12.8. The highest BCUT2D eigenvalue weighted by Gasteiger charge is 2.58. The van der Waals surface area contributed by atoms with Gasteiger partial charge in [0.1, 0.15) is 10.6 Å². The first kappa shape index (κ1) is 28.3. The van der Waals surface area contributed by atoms with Crippen molar-refractivity contribution in [3.05, 3.63) is 69.1 Å². The lowest BCUT2D eigenvalue weighted by Crippen LogP contribution is -2.34. The second kappa shape index (κ2) is 9.88. The molecule has 0 aliphatic rings. The summed E-state index contributed by atoms with van der Waals surface area (Å²) in [6.07, 6.45) is 0. The molecule has 14 heteroatoms. The number of nitrogens with zero attached hydrogens (tertiary/aromatic N) is 1. The lowest BCUT2D eigenvalue weighted by atomic mass is 10.1. The summed E-state index contributed by atoms with van der Waals surface area (Å²) in [5.74, 6) is -0.642. The minimum atomic E-state index is -4.88. The third-order valence-electron chi connectivity index (χ3n) is 4.45. The molecule has 0 bridgehead atoms. The summed E-state index contributed by atoms with van der Waals surface area (Å²) >= 11 is 1.03. The van der Waals surface area contributed by atoms with Gasteiger partial charge in [-0.25, -0.2) is 4.79 Å². The van der Waals surface area contributed by atoms with Crippen molar-refractivity contribution in [2.75, 3.05) is 0 Å². The van der Waals surface area contributed by atoms with E-state index in [0.29, 0.717) is 10.1 Å². The molecule has 0 radical (unpaired) electrons. The topological polar surface area (TPSA) is 105 Å². The number of ether oxygens (including phenoxy) is 1. The Morgan fingerprint density at radius 2 is 1.53 bits per heavy atom. The number of carbonyl (C=O) groups excluding carboxylic acids is 1. The molecule has 3 rings (SSSR count). The molecule has 0 saturated carbocycles. The second-order valence-electron chi connectivity index (χ2n) is 9.95. The molecule has 36 heavy (non-hydrogen) atoms. The molecule has 0 amide bonds. The van der Waals surface area contributed by atoms with Crippen LogP contribution in [-0.4, -0.2) is 27.5 Å². The number of alkyl halides is 2. The molecule has 0 atom stereocenters. The standard InChI is InChI=1S/C22H26F2NO7PSSi2/c1-35(2,3)31-33(29,32-36(4,5)6)22(23,24)16-7-12-19-15(13-16)14-20(34-19)21(26)30-18-10-8-17(9-11-18)25(27)28/h7-14H,1-6H3. The normalized spacial score (nSPS) is 13.1. The number of hydrogen-bond acceptors (Lipinski definition) is 8. The van der Waals surface area contributed by atoms with Crippen LogP contribution in [0.15, 0.2) is 48.5 Å². The fourth-order valence-corrected chi connectivity index (χ4v) is 11.7. The van der Waals surface area contributed by atoms with E-state index >= 15 is 8.78 Å². The minimum Gasteiger partial charge on any atom is -0.422 e. The zero-order valence-electron chi connectivity index (χ0n) is 20.5. The van der Waals surface area contributed by atoms with Gasteiger partial charge < -0.3 is 13.2 Å². The van der Waals surface area contributed by atoms with E-state index in [1.165, 1.54) is 42.5 Å². The van der Waals surface area contributed by atoms with Crippen molar-refractivity contribution in [2.45, 2.75) is 44.9 Å². The Balaban J connectivity index is 1.93. The molecule has 1 aromatic heterocycles. The van der Waals surface area contributed by atoms with Crippen molar-refractivity contribution < 1.29 is 36.2 Å². The Hall–Kier alpha value is -2.29. The van der Waals surface area contributed by atoms with Crippen molar-refractivity contribution in [1.29, 1.82) is 0 Å². The summed E-state index contributed by atoms with van der Waals surface area (Å²) in [6, 6.07) is 10.1. The average Bonchev–Trinajstić information content (AvgIpc) is 3.15. The minimum absolute atomic E-state index is 0.100. The number of benzene rings is 2. The van der Waals surface area contributed by atoms with Gasteiger partial charge in [-0.2, -0.15) is 8.78 Å². The Labute approximate surface area is 213 Å². The van der Waals surface area contributed by atoms with Gasteiger partial charge in [0.15, 0.2) is 16.6 Å². The summed E-state index contributed by atoms with van der Waals surface area (Å²) in [5, 5.41) is 11.1. The summed E-state index contributed by atoms with van der Waals surface area (Å²) in [5.41, 5.74) is -4.61. The van der Waals surface area contributed by atoms with E-state index in [2.05, 4.69) is 0 Å². The molecule has 0 spiro atoms. The number of hydrogen-bond donors (Lipinski definition) is 0. The Bertz CT molecular complexity index is 1330. The van der Waals surface area contributed by atoms with Crippen LogP contribution in [0.1, 0.15) is 15.2 Å². The SMILES string of the molecule is C[Si](C)(C)OP(=O)(O[Si](C)(C)C)C(F)(F)c1ccc2sc(C(=O)Oc3ccc([N+](=O)[O-])cc3)cc2c1. The van der Waals surface area contributed by atoms with Crippen molar-refractivity contribution in [3.63, 3.8) is 0 Å². The van der Waals surface area contributed by atoms with Crippen LogP contribution in [0.3, 0.4) is 0 Å². The van der Waals surface area contributed by atoms with E-state index in [9.17, 15) is 19.5 Å². The Kier molecular flexibility index (Phi) is 7.76. The lowest BCUT2D eigenvalue weighted by molar-refractivity contribution is -0.384. The first-order valence-electron chi connectivity index (χ1n) is 10.8. The highest BCUT2D eigenvalue weighted by Crippen LogP contribution is 2.69. The molecule has 194 valence electrons. The molecular formula is C22H26F2NO7PSSi2. The second-order valence-corrected chi connectivity index (χ2v) is 22.5. The van der Waals surface area contributed by atoms with Crippen molar-refractivity contribution in [3.8, 4) is 5.75 Å². The zero-order valence-corrected chi connectivity index (χ0v) is 24.2. The van der Waals surface area contributed by atoms with Crippen molar-refractivity contribution in [1.82, 2.24) is 0 Å². The number of esters is 1. The van der Waals surface area contributed by atoms with Crippen LogP contribution < -0.4 is 4.74 Å². The van der Waals surface area contributed by atoms with Crippen LogP contribution in [0, 0.1) is 10.1 Å². The maximum atomic E-state index is 15.7. The molecule has 2 aromatic carbocycles. The zero-order chi connectivity index (χ0) is 27.1. The monoisotopic (exact) mass is 573 g/mol. The van der Waals surface area contributed by atoms with Crippen LogP contribution in [-0.2, 0) is 18.7 Å². The van der Waals surface area contributed by atoms with Gasteiger partial charge >= 0.3 is 19.2 Å². The average molecular weight is 574 g/mol. The number of non-ortho nitro benzene ring substituents is 1. The van der Waals surface area contributed by atoms with Gasteiger partial charge in [0, 0.05) is 22.4 Å². The van der Waals surface area contributed by atoms with Gasteiger partial charge in [0.2, 0.25) is 0 Å². The number of nitro groups is 1. The summed E-state index contributed by atoms with van der Waals surface area (Å²) in [4.78, 5) is 22.9. The van der Waals surface area contributed by atoms with E-state index in [0.717, 1.165) is 17.4 Å². The number of carbonyl (C=O) groups is 1. The Morgan fingerprint density at radius 1 is 0.972 bits per heavy atom. The first-order chi connectivity index (χ1) is 16.4. The number of halogens is 2. The quantitative estimate of drug-likeness (QED) is 0.0638. The molecule has 0 fully saturated rings. The number of thiophene rings is 1. The van der Waals surface area contributed by atoms with Gasteiger partial charge in [0.05, 0.1) is 4.92 Å². The van der Waals surface area contributed by atoms with E-state index in [1.807, 2.05) is 0 Å². The molecule has 0 unspecified atom stereocenters. The number of rotatable bonds is 9. The molecule has 1 heterocycles. The van der Waals surface area contributed by atoms with E-state index in [1.54, 1.807) is 39.3 Å². The highest BCUT2D eigenvalue weighted by molar-refractivity contribution is 7.57. The molecule has 0 saturated heterocycles. The molecule has 8 nitrogen and oxygen atoms in total. The summed E-state index contributed by atoms with van der Waals surface area (Å²) in [7, 11) is -10.3. The van der Waals surface area contributed by atoms with Gasteiger partial charge in [-0.15, -0.1) is 11.3 Å². The third kappa shape index (κ3) is 6.52.